The van der Waals surface area contributed by atoms with Gasteiger partial charge in [-0.3, -0.25) is 4.98 Å². The molecule has 3 heterocycles. The number of anilines is 1. The van der Waals surface area contributed by atoms with E-state index in [1.54, 1.807) is 18.6 Å². The second kappa shape index (κ2) is 6.46. The van der Waals surface area contributed by atoms with Crippen molar-refractivity contribution in [2.45, 2.75) is 43.3 Å². The molecule has 0 amide bonds. The number of nitrogens with zero attached hydrogens (tertiary/aromatic N) is 4. The fourth-order valence-electron chi connectivity index (χ4n) is 3.65. The van der Waals surface area contributed by atoms with Gasteiger partial charge < -0.3 is 5.32 Å². The Morgan fingerprint density at radius 2 is 2.08 bits per heavy atom. The van der Waals surface area contributed by atoms with Crippen molar-refractivity contribution in [2.75, 3.05) is 18.1 Å². The Kier molecular flexibility index (Phi) is 4.09. The Bertz CT molecular complexity index is 949. The molecule has 2 aliphatic rings. The molecule has 5 rings (SSSR count). The van der Waals surface area contributed by atoms with Gasteiger partial charge in [0.1, 0.15) is 16.3 Å². The minimum atomic E-state index is 0.389. The lowest BCUT2D eigenvalue weighted by atomic mass is 9.97. The molecule has 0 bridgehead atoms. The van der Waals surface area contributed by atoms with Gasteiger partial charge in [-0.05, 0) is 50.3 Å². The van der Waals surface area contributed by atoms with E-state index in [1.807, 2.05) is 23.1 Å². The third kappa shape index (κ3) is 2.87. The van der Waals surface area contributed by atoms with E-state index < -0.39 is 0 Å². The topological polar surface area (TPSA) is 63.6 Å². The summed E-state index contributed by atoms with van der Waals surface area (Å²) in [5, 5.41) is 4.92. The van der Waals surface area contributed by atoms with Crippen LogP contribution in [0, 0.1) is 0 Å². The molecule has 0 radical (unpaired) electrons. The molecule has 0 unspecified atom stereocenters. The second-order valence-electron chi connectivity index (χ2n) is 7.12. The number of thioether (sulfide) groups is 1. The summed E-state index contributed by atoms with van der Waals surface area (Å²) < 4.78 is 0.389. The van der Waals surface area contributed by atoms with Crippen LogP contribution in [-0.2, 0) is 12.8 Å². The summed E-state index contributed by atoms with van der Waals surface area (Å²) >= 11 is 3.80. The van der Waals surface area contributed by atoms with Crippen molar-refractivity contribution in [2.24, 2.45) is 0 Å². The summed E-state index contributed by atoms with van der Waals surface area (Å²) in [6.07, 6.45) is 14.8. The molecule has 0 atom stereocenters. The highest BCUT2D eigenvalue weighted by molar-refractivity contribution is 8.00. The van der Waals surface area contributed by atoms with E-state index >= 15 is 0 Å². The van der Waals surface area contributed by atoms with E-state index in [2.05, 4.69) is 21.5 Å². The van der Waals surface area contributed by atoms with Gasteiger partial charge >= 0.3 is 0 Å². The van der Waals surface area contributed by atoms with Gasteiger partial charge in [0.05, 0.1) is 11.6 Å². The molecule has 0 spiro atoms. The predicted molar refractivity (Wildman–Crippen MR) is 109 cm³/mol. The van der Waals surface area contributed by atoms with Crippen LogP contribution < -0.4 is 5.32 Å². The van der Waals surface area contributed by atoms with E-state index in [0.29, 0.717) is 10.6 Å². The first-order valence-corrected chi connectivity index (χ1v) is 11.2. The normalized spacial score (nSPS) is 17.9. The summed E-state index contributed by atoms with van der Waals surface area (Å²) in [6.45, 7) is 0.963. The van der Waals surface area contributed by atoms with Crippen molar-refractivity contribution in [3.8, 4) is 11.5 Å². The number of fused-ring (bicyclic) bond motifs is 3. The van der Waals surface area contributed by atoms with Crippen molar-refractivity contribution in [1.82, 2.24) is 19.9 Å². The average Bonchev–Trinajstić information content (AvgIpc) is 3.39. The van der Waals surface area contributed by atoms with Crippen molar-refractivity contribution in [1.29, 1.82) is 0 Å². The lowest BCUT2D eigenvalue weighted by Gasteiger charge is -2.16. The Labute approximate surface area is 161 Å². The summed E-state index contributed by atoms with van der Waals surface area (Å²) in [6, 6.07) is 0. The van der Waals surface area contributed by atoms with Gasteiger partial charge in [-0.1, -0.05) is 0 Å². The van der Waals surface area contributed by atoms with Crippen molar-refractivity contribution < 1.29 is 0 Å². The first-order valence-electron chi connectivity index (χ1n) is 9.16. The largest absolute Gasteiger partial charge is 0.368 e. The summed E-state index contributed by atoms with van der Waals surface area (Å²) in [5.74, 6) is 1.65. The minimum Gasteiger partial charge on any atom is -0.368 e. The third-order valence-corrected chi connectivity index (χ3v) is 8.03. The zero-order valence-corrected chi connectivity index (χ0v) is 16.4. The molecule has 5 nitrogen and oxygen atoms in total. The van der Waals surface area contributed by atoms with E-state index in [1.165, 1.54) is 47.9 Å². The van der Waals surface area contributed by atoms with Crippen LogP contribution >= 0.6 is 23.1 Å². The third-order valence-electron chi connectivity index (χ3n) is 5.43. The monoisotopic (exact) mass is 383 g/mol. The Morgan fingerprint density at radius 1 is 1.19 bits per heavy atom. The maximum Gasteiger partial charge on any atom is 0.183 e. The summed E-state index contributed by atoms with van der Waals surface area (Å²) in [4.78, 5) is 20.9. The van der Waals surface area contributed by atoms with Crippen LogP contribution in [0.15, 0.2) is 18.6 Å². The number of thiophene rings is 1. The lowest BCUT2D eigenvalue weighted by molar-refractivity contribution is 0.700. The fourth-order valence-corrected chi connectivity index (χ4v) is 5.64. The van der Waals surface area contributed by atoms with E-state index in [-0.39, 0.29) is 0 Å². The number of aromatic nitrogens is 4. The summed E-state index contributed by atoms with van der Waals surface area (Å²) in [5.41, 5.74) is 2.20. The predicted octanol–water partition coefficient (Wildman–Crippen LogP) is 4.33. The minimum absolute atomic E-state index is 0.389. The number of hydrogen-bond donors (Lipinski definition) is 1. The quantitative estimate of drug-likeness (QED) is 0.707. The molecule has 0 aromatic carbocycles. The molecule has 7 heteroatoms. The second-order valence-corrected chi connectivity index (χ2v) is 9.48. The maximum atomic E-state index is 4.89. The average molecular weight is 384 g/mol. The number of nitrogens with one attached hydrogen (secondary N) is 1. The van der Waals surface area contributed by atoms with Crippen LogP contribution in [0.3, 0.4) is 0 Å². The fraction of sp³-hybridized carbons (Fsp3) is 0.474. The van der Waals surface area contributed by atoms with Crippen LogP contribution in [0.1, 0.15) is 36.1 Å². The summed E-state index contributed by atoms with van der Waals surface area (Å²) in [7, 11) is 0. The Hall–Kier alpha value is -1.73. The SMILES string of the molecule is CSC1(CNc2nc(-c3cnccn3)nc3sc4c(c23)CCCC4)CC1. The molecule has 0 saturated heterocycles. The highest BCUT2D eigenvalue weighted by atomic mass is 32.2. The molecule has 1 N–H and O–H groups in total. The molecule has 1 fully saturated rings. The standard InChI is InChI=1S/C19H21N5S2/c1-25-19(6-7-19)11-22-17-15-12-4-2-3-5-14(12)26-18(15)24-16(23-17)13-10-20-8-9-21-13/h8-10H,2-7,11H2,1H3,(H,22,23,24). The Morgan fingerprint density at radius 3 is 2.85 bits per heavy atom. The van der Waals surface area contributed by atoms with Crippen LogP contribution in [0.4, 0.5) is 5.82 Å². The van der Waals surface area contributed by atoms with E-state index in [9.17, 15) is 0 Å². The highest BCUT2D eigenvalue weighted by Crippen LogP contribution is 2.47. The number of aryl methyl sites for hydroxylation is 2. The van der Waals surface area contributed by atoms with Gasteiger partial charge in [0.2, 0.25) is 0 Å². The first kappa shape index (κ1) is 16.4. The molecule has 3 aromatic rings. The zero-order chi connectivity index (χ0) is 17.6. The molecule has 1 saturated carbocycles. The van der Waals surface area contributed by atoms with Gasteiger partial charge in [0, 0.05) is 28.6 Å². The van der Waals surface area contributed by atoms with Gasteiger partial charge in [0.25, 0.3) is 0 Å². The first-order chi connectivity index (χ1) is 12.8. The van der Waals surface area contributed by atoms with E-state index in [0.717, 1.165) is 29.3 Å². The van der Waals surface area contributed by atoms with Gasteiger partial charge in [0.15, 0.2) is 5.82 Å². The molecule has 2 aliphatic carbocycles. The molecule has 134 valence electrons. The zero-order valence-electron chi connectivity index (χ0n) is 14.8. The van der Waals surface area contributed by atoms with Gasteiger partial charge in [-0.2, -0.15) is 11.8 Å². The van der Waals surface area contributed by atoms with Crippen LogP contribution in [-0.4, -0.2) is 37.5 Å². The van der Waals surface area contributed by atoms with Crippen molar-refractivity contribution in [3.63, 3.8) is 0 Å². The molecular formula is C19H21N5S2. The Balaban J connectivity index is 1.62. The smallest absolute Gasteiger partial charge is 0.183 e. The number of rotatable bonds is 5. The lowest BCUT2D eigenvalue weighted by Crippen LogP contribution is -2.18. The molecule has 26 heavy (non-hydrogen) atoms. The van der Waals surface area contributed by atoms with E-state index in [4.69, 9.17) is 9.97 Å². The highest BCUT2D eigenvalue weighted by Gasteiger charge is 2.41. The van der Waals surface area contributed by atoms with Gasteiger partial charge in [-0.15, -0.1) is 11.3 Å². The number of hydrogen-bond acceptors (Lipinski definition) is 7. The van der Waals surface area contributed by atoms with Gasteiger partial charge in [-0.25, -0.2) is 15.0 Å². The molecular weight excluding hydrogens is 362 g/mol. The molecule has 0 aliphatic heterocycles. The maximum absolute atomic E-state index is 4.89. The van der Waals surface area contributed by atoms with Crippen LogP contribution in [0.5, 0.6) is 0 Å². The molecule has 3 aromatic heterocycles. The van der Waals surface area contributed by atoms with Crippen LogP contribution in [0.2, 0.25) is 0 Å². The van der Waals surface area contributed by atoms with Crippen molar-refractivity contribution in [3.05, 3.63) is 29.0 Å². The van der Waals surface area contributed by atoms with Crippen LogP contribution in [0.25, 0.3) is 21.7 Å². The van der Waals surface area contributed by atoms with Crippen molar-refractivity contribution >= 4 is 39.1 Å².